The van der Waals surface area contributed by atoms with Gasteiger partial charge in [-0.2, -0.15) is 0 Å². The van der Waals surface area contributed by atoms with Crippen LogP contribution >= 0.6 is 0 Å². The zero-order valence-electron chi connectivity index (χ0n) is 18.6. The van der Waals surface area contributed by atoms with Gasteiger partial charge in [-0.25, -0.2) is 0 Å². The van der Waals surface area contributed by atoms with E-state index in [-0.39, 0.29) is 0 Å². The molecule has 0 radical (unpaired) electrons. The van der Waals surface area contributed by atoms with Crippen molar-refractivity contribution >= 4 is 0 Å². The van der Waals surface area contributed by atoms with Crippen LogP contribution in [-0.2, 0) is 0 Å². The third-order valence-corrected chi connectivity index (χ3v) is 4.59. The third kappa shape index (κ3) is 31.8. The highest BCUT2D eigenvalue weighted by Gasteiger charge is 1.91. The van der Waals surface area contributed by atoms with Crippen molar-refractivity contribution in [2.24, 2.45) is 0 Å². The maximum absolute atomic E-state index is 2.28. The topological polar surface area (TPSA) is 3.24 Å². The first-order valence-electron chi connectivity index (χ1n) is 11.5. The van der Waals surface area contributed by atoms with Gasteiger partial charge in [-0.05, 0) is 19.0 Å². The van der Waals surface area contributed by atoms with Crippen molar-refractivity contribution in [3.8, 4) is 0 Å². The van der Waals surface area contributed by atoms with Gasteiger partial charge in [0.15, 0.2) is 0 Å². The predicted octanol–water partition coefficient (Wildman–Crippen LogP) is 8.74. The van der Waals surface area contributed by atoms with E-state index in [1.165, 1.54) is 109 Å². The Hall–Kier alpha value is -0.460. The molecule has 0 aliphatic rings. The minimum absolute atomic E-state index is 1.24. The minimum atomic E-state index is 1.24. The molecule has 0 spiro atoms. The van der Waals surface area contributed by atoms with Crippen LogP contribution in [0.2, 0.25) is 0 Å². The predicted molar refractivity (Wildman–Crippen MR) is 118 cm³/mol. The molecule has 0 fully saturated rings. The molecule has 0 aliphatic heterocycles. The van der Waals surface area contributed by atoms with Gasteiger partial charge in [-0.15, -0.1) is 0 Å². The van der Waals surface area contributed by atoms with Gasteiger partial charge in [0, 0.05) is 14.1 Å². The van der Waals surface area contributed by atoms with Crippen molar-refractivity contribution in [1.29, 1.82) is 0 Å². The molecule has 0 aromatic carbocycles. The van der Waals surface area contributed by atoms with Gasteiger partial charge in [0.25, 0.3) is 0 Å². The molecular formula is C24H51N. The zero-order chi connectivity index (χ0) is 19.0. The van der Waals surface area contributed by atoms with Crippen molar-refractivity contribution in [2.45, 2.75) is 130 Å². The number of hydrogen-bond donors (Lipinski definition) is 0. The van der Waals surface area contributed by atoms with E-state index in [0.717, 1.165) is 0 Å². The van der Waals surface area contributed by atoms with Crippen LogP contribution in [0.1, 0.15) is 130 Å². The fourth-order valence-corrected chi connectivity index (χ4v) is 2.89. The second-order valence-electron chi connectivity index (χ2n) is 7.73. The second kappa shape index (κ2) is 25.8. The van der Waals surface area contributed by atoms with Crippen LogP contribution in [0.15, 0.2) is 12.3 Å². The molecule has 0 rings (SSSR count). The Morgan fingerprint density at radius 3 is 1.12 bits per heavy atom. The van der Waals surface area contributed by atoms with Crippen molar-refractivity contribution in [2.75, 3.05) is 14.1 Å². The normalized spacial score (nSPS) is 10.8. The SMILES string of the molecule is CCCCCCCC.CCCCCCCCCCCCC=CN(C)C. The lowest BCUT2D eigenvalue weighted by Gasteiger charge is -2.03. The lowest BCUT2D eigenvalue weighted by atomic mass is 10.1. The van der Waals surface area contributed by atoms with Gasteiger partial charge in [0.1, 0.15) is 0 Å². The summed E-state index contributed by atoms with van der Waals surface area (Å²) in [6.07, 6.45) is 28.4. The summed E-state index contributed by atoms with van der Waals surface area (Å²) in [7, 11) is 4.16. The number of rotatable bonds is 17. The molecule has 0 unspecified atom stereocenters. The molecule has 0 heterocycles. The fourth-order valence-electron chi connectivity index (χ4n) is 2.89. The molecular weight excluding hydrogens is 302 g/mol. The molecule has 25 heavy (non-hydrogen) atoms. The molecule has 0 saturated heterocycles. The van der Waals surface area contributed by atoms with E-state index in [1.54, 1.807) is 0 Å². The second-order valence-corrected chi connectivity index (χ2v) is 7.73. The monoisotopic (exact) mass is 353 g/mol. The Morgan fingerprint density at radius 1 is 0.480 bits per heavy atom. The van der Waals surface area contributed by atoms with E-state index < -0.39 is 0 Å². The van der Waals surface area contributed by atoms with Crippen molar-refractivity contribution < 1.29 is 0 Å². The minimum Gasteiger partial charge on any atom is -0.384 e. The van der Waals surface area contributed by atoms with Gasteiger partial charge in [0.05, 0.1) is 0 Å². The molecule has 0 aromatic rings. The molecule has 0 saturated carbocycles. The van der Waals surface area contributed by atoms with E-state index in [1.807, 2.05) is 0 Å². The standard InChI is InChI=1S/C16H33N.C8H18/c1-4-5-6-7-8-9-10-11-12-13-14-15-16-17(2)3;1-3-5-7-8-6-4-2/h15-16H,4-14H2,1-3H3;3-8H2,1-2H3. The smallest absolute Gasteiger partial charge is 0.00555 e. The van der Waals surface area contributed by atoms with E-state index in [2.05, 4.69) is 52.0 Å². The van der Waals surface area contributed by atoms with Gasteiger partial charge in [-0.1, -0.05) is 123 Å². The molecule has 1 nitrogen and oxygen atoms in total. The van der Waals surface area contributed by atoms with Crippen LogP contribution in [0.4, 0.5) is 0 Å². The molecule has 0 amide bonds. The maximum Gasteiger partial charge on any atom is 0.00555 e. The number of hydrogen-bond acceptors (Lipinski definition) is 1. The Labute approximate surface area is 161 Å². The molecule has 0 aliphatic carbocycles. The summed E-state index contributed by atoms with van der Waals surface area (Å²) in [5.41, 5.74) is 0. The van der Waals surface area contributed by atoms with E-state index in [9.17, 15) is 0 Å². The van der Waals surface area contributed by atoms with Crippen LogP contribution in [0.3, 0.4) is 0 Å². The number of unbranched alkanes of at least 4 members (excludes halogenated alkanes) is 15. The Kier molecular flexibility index (Phi) is 27.6. The maximum atomic E-state index is 2.28. The highest BCUT2D eigenvalue weighted by atomic mass is 15.0. The number of nitrogens with zero attached hydrogens (tertiary/aromatic N) is 1. The quantitative estimate of drug-likeness (QED) is 0.236. The Morgan fingerprint density at radius 2 is 0.800 bits per heavy atom. The van der Waals surface area contributed by atoms with Crippen LogP contribution < -0.4 is 0 Å². The molecule has 0 bridgehead atoms. The highest BCUT2D eigenvalue weighted by Crippen LogP contribution is 2.11. The zero-order valence-corrected chi connectivity index (χ0v) is 18.6. The summed E-state index contributed by atoms with van der Waals surface area (Å²) in [6.45, 7) is 6.79. The lowest BCUT2D eigenvalue weighted by molar-refractivity contribution is 0.550. The largest absolute Gasteiger partial charge is 0.384 e. The van der Waals surface area contributed by atoms with Gasteiger partial charge in [0.2, 0.25) is 0 Å². The van der Waals surface area contributed by atoms with E-state index in [4.69, 9.17) is 0 Å². The number of allylic oxidation sites excluding steroid dienone is 1. The van der Waals surface area contributed by atoms with Crippen LogP contribution in [0, 0.1) is 0 Å². The highest BCUT2D eigenvalue weighted by molar-refractivity contribution is 4.78. The third-order valence-electron chi connectivity index (χ3n) is 4.59. The summed E-state index contributed by atoms with van der Waals surface area (Å²) < 4.78 is 0. The van der Waals surface area contributed by atoms with Crippen molar-refractivity contribution in [1.82, 2.24) is 4.90 Å². The average Bonchev–Trinajstić information content (AvgIpc) is 2.60. The molecule has 0 atom stereocenters. The van der Waals surface area contributed by atoms with Crippen molar-refractivity contribution in [3.05, 3.63) is 12.3 Å². The summed E-state index contributed by atoms with van der Waals surface area (Å²) in [6, 6.07) is 0. The summed E-state index contributed by atoms with van der Waals surface area (Å²) in [4.78, 5) is 2.11. The molecule has 1 heteroatoms. The first kappa shape index (κ1) is 26.8. The first-order chi connectivity index (χ1) is 12.2. The van der Waals surface area contributed by atoms with Gasteiger partial charge < -0.3 is 4.90 Å². The summed E-state index contributed by atoms with van der Waals surface area (Å²) in [5.74, 6) is 0. The van der Waals surface area contributed by atoms with Crippen molar-refractivity contribution in [3.63, 3.8) is 0 Å². The van der Waals surface area contributed by atoms with Crippen LogP contribution in [-0.4, -0.2) is 19.0 Å². The summed E-state index contributed by atoms with van der Waals surface area (Å²) in [5, 5.41) is 0. The Bertz CT molecular complexity index is 226. The lowest BCUT2D eigenvalue weighted by Crippen LogP contribution is -1.99. The van der Waals surface area contributed by atoms with E-state index >= 15 is 0 Å². The molecule has 0 N–H and O–H groups in total. The van der Waals surface area contributed by atoms with E-state index in [0.29, 0.717) is 0 Å². The first-order valence-corrected chi connectivity index (χ1v) is 11.5. The van der Waals surface area contributed by atoms with Gasteiger partial charge in [-0.3, -0.25) is 0 Å². The summed E-state index contributed by atoms with van der Waals surface area (Å²) >= 11 is 0. The Balaban J connectivity index is 0. The van der Waals surface area contributed by atoms with Gasteiger partial charge >= 0.3 is 0 Å². The van der Waals surface area contributed by atoms with Crippen LogP contribution in [0.5, 0.6) is 0 Å². The molecule has 0 aromatic heterocycles. The molecule has 152 valence electrons. The fraction of sp³-hybridized carbons (Fsp3) is 0.917. The van der Waals surface area contributed by atoms with Crippen LogP contribution in [0.25, 0.3) is 0 Å². The average molecular weight is 354 g/mol.